The number of hydrogen-bond acceptors (Lipinski definition) is 7. The van der Waals surface area contributed by atoms with Crippen LogP contribution in [0.15, 0.2) is 47.2 Å². The minimum absolute atomic E-state index is 0.0449. The highest BCUT2D eigenvalue weighted by Gasteiger charge is 2.30. The van der Waals surface area contributed by atoms with Crippen LogP contribution in [0.4, 0.5) is 5.69 Å². The topological polar surface area (TPSA) is 143 Å². The number of benzene rings is 1. The van der Waals surface area contributed by atoms with Crippen LogP contribution >= 0.6 is 0 Å². The fourth-order valence-electron chi connectivity index (χ4n) is 3.32. The molecule has 2 rings (SSSR count). The number of nitro benzene ring substituents is 1. The van der Waals surface area contributed by atoms with Gasteiger partial charge in [-0.1, -0.05) is 13.8 Å². The summed E-state index contributed by atoms with van der Waals surface area (Å²) in [6, 6.07) is 8.53. The van der Waals surface area contributed by atoms with Crippen LogP contribution < -0.4 is 5.32 Å². The molecule has 8 nitrogen and oxygen atoms in total. The molecule has 1 aromatic rings. The molecule has 0 spiro atoms. The number of aliphatic hydroxyl groups excluding tert-OH is 2. The molecule has 2 unspecified atom stereocenters. The van der Waals surface area contributed by atoms with Crippen LogP contribution in [0.5, 0.6) is 0 Å². The van der Waals surface area contributed by atoms with Crippen LogP contribution in [0.2, 0.25) is 0 Å². The summed E-state index contributed by atoms with van der Waals surface area (Å²) in [5, 5.41) is 52.5. The zero-order chi connectivity index (χ0) is 20.9. The van der Waals surface area contributed by atoms with E-state index in [2.05, 4.69) is 5.32 Å². The number of non-ortho nitro benzene ring substituents is 1. The summed E-state index contributed by atoms with van der Waals surface area (Å²) in [5.74, 6) is 0. The van der Waals surface area contributed by atoms with Gasteiger partial charge in [0.15, 0.2) is 0 Å². The molecule has 0 fully saturated rings. The fourth-order valence-corrected chi connectivity index (χ4v) is 3.32. The first-order valence-corrected chi connectivity index (χ1v) is 8.74. The molecule has 0 aliphatic heterocycles. The van der Waals surface area contributed by atoms with Crippen LogP contribution in [-0.4, -0.2) is 27.8 Å². The van der Waals surface area contributed by atoms with Crippen LogP contribution in [-0.2, 0) is 0 Å². The average molecular weight is 382 g/mol. The molecule has 3 N–H and O–H groups in total. The Morgan fingerprint density at radius 1 is 1.29 bits per heavy atom. The zero-order valence-corrected chi connectivity index (χ0v) is 15.7. The third-order valence-electron chi connectivity index (χ3n) is 4.63. The van der Waals surface area contributed by atoms with Gasteiger partial charge in [0.25, 0.3) is 5.69 Å². The van der Waals surface area contributed by atoms with E-state index >= 15 is 0 Å². The molecular formula is C20H22N4O4. The Balaban J connectivity index is 2.27. The van der Waals surface area contributed by atoms with E-state index in [0.29, 0.717) is 29.7 Å². The molecule has 0 radical (unpaired) electrons. The molecule has 1 aliphatic carbocycles. The maximum absolute atomic E-state index is 10.8. The Hall–Kier alpha value is -3.20. The van der Waals surface area contributed by atoms with Crippen LogP contribution in [0.1, 0.15) is 38.4 Å². The molecule has 0 heterocycles. The van der Waals surface area contributed by atoms with Crippen LogP contribution in [0.25, 0.3) is 0 Å². The highest BCUT2D eigenvalue weighted by Crippen LogP contribution is 2.38. The predicted molar refractivity (Wildman–Crippen MR) is 101 cm³/mol. The summed E-state index contributed by atoms with van der Waals surface area (Å²) in [6.07, 6.45) is 1.81. The van der Waals surface area contributed by atoms with E-state index in [0.717, 1.165) is 0 Å². The molecule has 0 aromatic heterocycles. The third kappa shape index (κ3) is 4.95. The van der Waals surface area contributed by atoms with E-state index < -0.39 is 17.1 Å². The second kappa shape index (κ2) is 8.66. The van der Waals surface area contributed by atoms with E-state index in [1.54, 1.807) is 6.08 Å². The molecule has 8 heteroatoms. The number of aliphatic hydroxyl groups is 2. The maximum Gasteiger partial charge on any atom is 0.269 e. The molecule has 146 valence electrons. The lowest BCUT2D eigenvalue weighted by Gasteiger charge is -2.34. The Kier molecular flexibility index (Phi) is 6.53. The highest BCUT2D eigenvalue weighted by atomic mass is 16.6. The van der Waals surface area contributed by atoms with Gasteiger partial charge in [-0.2, -0.15) is 10.5 Å². The maximum atomic E-state index is 10.8. The molecule has 2 atom stereocenters. The van der Waals surface area contributed by atoms with Gasteiger partial charge in [-0.15, -0.1) is 0 Å². The molecule has 28 heavy (non-hydrogen) atoms. The van der Waals surface area contributed by atoms with Crippen molar-refractivity contribution < 1.29 is 15.1 Å². The van der Waals surface area contributed by atoms with E-state index in [9.17, 15) is 20.3 Å². The highest BCUT2D eigenvalue weighted by molar-refractivity contribution is 5.47. The van der Waals surface area contributed by atoms with Crippen LogP contribution in [0, 0.1) is 38.2 Å². The van der Waals surface area contributed by atoms with Gasteiger partial charge in [-0.3, -0.25) is 10.1 Å². The first-order chi connectivity index (χ1) is 13.2. The van der Waals surface area contributed by atoms with Crippen molar-refractivity contribution in [1.82, 2.24) is 5.32 Å². The molecule has 0 saturated heterocycles. The number of allylic oxidation sites excluding steroid dienone is 4. The molecule has 0 amide bonds. The third-order valence-corrected chi connectivity index (χ3v) is 4.63. The standard InChI is InChI=1S/C20H22N4O4/c1-20(2)8-14(15(10-21)11-22)7-16(9-20)23-18(12-25)19(26)13-3-5-17(6-4-13)24(27)28/h3-7,18-19,23,25-26H,8-9,12H2,1-2H3. The lowest BCUT2D eigenvalue weighted by Crippen LogP contribution is -2.39. The summed E-state index contributed by atoms with van der Waals surface area (Å²) in [7, 11) is 0. The number of nitro groups is 1. The van der Waals surface area contributed by atoms with Crippen LogP contribution in [0.3, 0.4) is 0 Å². The summed E-state index contributed by atoms with van der Waals surface area (Å²) < 4.78 is 0. The van der Waals surface area contributed by atoms with Gasteiger partial charge in [0, 0.05) is 17.8 Å². The number of nitriles is 2. The lowest BCUT2D eigenvalue weighted by molar-refractivity contribution is -0.384. The van der Waals surface area contributed by atoms with Crippen molar-refractivity contribution >= 4 is 5.69 Å². The first kappa shape index (κ1) is 21.1. The molecule has 0 bridgehead atoms. The molecule has 1 aromatic carbocycles. The second-order valence-corrected chi connectivity index (χ2v) is 7.54. The first-order valence-electron chi connectivity index (χ1n) is 8.74. The second-order valence-electron chi connectivity index (χ2n) is 7.54. The Morgan fingerprint density at radius 3 is 2.39 bits per heavy atom. The number of hydrogen-bond donors (Lipinski definition) is 3. The van der Waals surface area contributed by atoms with Gasteiger partial charge in [-0.25, -0.2) is 0 Å². The summed E-state index contributed by atoms with van der Waals surface area (Å²) in [5.41, 5.74) is 1.50. The van der Waals surface area contributed by atoms with Gasteiger partial charge < -0.3 is 15.5 Å². The minimum atomic E-state index is -1.10. The molecule has 0 saturated carbocycles. The largest absolute Gasteiger partial charge is 0.394 e. The van der Waals surface area contributed by atoms with E-state index in [1.807, 2.05) is 26.0 Å². The number of nitrogens with one attached hydrogen (secondary N) is 1. The summed E-state index contributed by atoms with van der Waals surface area (Å²) in [4.78, 5) is 10.2. The average Bonchev–Trinajstić information content (AvgIpc) is 2.65. The Morgan fingerprint density at radius 2 is 1.89 bits per heavy atom. The van der Waals surface area contributed by atoms with Crippen molar-refractivity contribution in [3.8, 4) is 12.1 Å². The Labute approximate surface area is 163 Å². The van der Waals surface area contributed by atoms with E-state index in [1.165, 1.54) is 24.3 Å². The number of rotatable bonds is 6. The van der Waals surface area contributed by atoms with E-state index in [4.69, 9.17) is 10.5 Å². The van der Waals surface area contributed by atoms with Crippen molar-refractivity contribution in [2.75, 3.05) is 6.61 Å². The molecule has 1 aliphatic rings. The van der Waals surface area contributed by atoms with Gasteiger partial charge in [0.2, 0.25) is 0 Å². The van der Waals surface area contributed by atoms with Gasteiger partial charge in [-0.05, 0) is 47.6 Å². The summed E-state index contributed by atoms with van der Waals surface area (Å²) in [6.45, 7) is 3.64. The smallest absolute Gasteiger partial charge is 0.269 e. The molecular weight excluding hydrogens is 360 g/mol. The minimum Gasteiger partial charge on any atom is -0.394 e. The Bertz CT molecular complexity index is 872. The van der Waals surface area contributed by atoms with Crippen molar-refractivity contribution in [3.63, 3.8) is 0 Å². The number of nitrogens with zero attached hydrogens (tertiary/aromatic N) is 3. The van der Waals surface area contributed by atoms with Crippen molar-refractivity contribution in [2.24, 2.45) is 5.41 Å². The van der Waals surface area contributed by atoms with E-state index in [-0.39, 0.29) is 23.3 Å². The SMILES string of the molecule is CC1(C)CC(NC(CO)C(O)c2ccc([N+](=O)[O-])cc2)=CC(=C(C#N)C#N)C1. The zero-order valence-electron chi connectivity index (χ0n) is 15.7. The normalized spacial score (nSPS) is 17.5. The lowest BCUT2D eigenvalue weighted by atomic mass is 9.76. The van der Waals surface area contributed by atoms with Crippen molar-refractivity contribution in [1.29, 1.82) is 10.5 Å². The van der Waals surface area contributed by atoms with Gasteiger partial charge in [0.1, 0.15) is 23.8 Å². The van der Waals surface area contributed by atoms with Gasteiger partial charge >= 0.3 is 0 Å². The van der Waals surface area contributed by atoms with Crippen molar-refractivity contribution in [2.45, 2.75) is 38.8 Å². The van der Waals surface area contributed by atoms with Crippen molar-refractivity contribution in [3.05, 3.63) is 62.9 Å². The summed E-state index contributed by atoms with van der Waals surface area (Å²) >= 11 is 0. The quantitative estimate of drug-likeness (QED) is 0.390. The predicted octanol–water partition coefficient (Wildman–Crippen LogP) is 2.63. The van der Waals surface area contributed by atoms with Gasteiger partial charge in [0.05, 0.1) is 17.6 Å². The monoisotopic (exact) mass is 382 g/mol. The fraction of sp³-hybridized carbons (Fsp3) is 0.400.